The SMILES string of the molecule is COc1ccc(C[C@H](CC(=O)[C@H](C)NC(=O)CN2CCOCC2)C(=O)N[C@@H](CC2=C(C)CCC2)C(=O)[C@@]2(C)CO2)cc1. The molecule has 1 aliphatic carbocycles. The highest BCUT2D eigenvalue weighted by Gasteiger charge is 2.50. The second-order valence-corrected chi connectivity index (χ2v) is 12.0. The van der Waals surface area contributed by atoms with Gasteiger partial charge in [-0.2, -0.15) is 0 Å². The number of allylic oxidation sites excluding steroid dienone is 1. The minimum Gasteiger partial charge on any atom is -0.497 e. The van der Waals surface area contributed by atoms with Crippen molar-refractivity contribution in [3.8, 4) is 5.75 Å². The number of hydrogen-bond donors (Lipinski definition) is 2. The van der Waals surface area contributed by atoms with E-state index in [4.69, 9.17) is 14.2 Å². The number of carbonyl (C=O) groups is 4. The van der Waals surface area contributed by atoms with Crippen LogP contribution in [-0.4, -0.2) is 92.5 Å². The van der Waals surface area contributed by atoms with Gasteiger partial charge in [-0.25, -0.2) is 0 Å². The Bertz CT molecular complexity index is 1170. The number of ether oxygens (including phenoxy) is 3. The Morgan fingerprint density at radius 1 is 1.05 bits per heavy atom. The molecule has 0 saturated carbocycles. The van der Waals surface area contributed by atoms with Gasteiger partial charge in [-0.3, -0.25) is 24.1 Å². The largest absolute Gasteiger partial charge is 0.497 e. The van der Waals surface area contributed by atoms with Crippen molar-refractivity contribution in [1.82, 2.24) is 15.5 Å². The Balaban J connectivity index is 1.46. The van der Waals surface area contributed by atoms with Crippen molar-refractivity contribution in [2.45, 2.75) is 77.0 Å². The van der Waals surface area contributed by atoms with Gasteiger partial charge in [0.1, 0.15) is 11.4 Å². The zero-order valence-electron chi connectivity index (χ0n) is 25.3. The predicted molar refractivity (Wildman–Crippen MR) is 157 cm³/mol. The molecule has 0 bridgehead atoms. The van der Waals surface area contributed by atoms with Crippen LogP contribution in [0, 0.1) is 5.92 Å². The fraction of sp³-hybridized carbons (Fsp3) is 0.625. The number of nitrogens with zero attached hydrogens (tertiary/aromatic N) is 1. The number of carbonyl (C=O) groups excluding carboxylic acids is 4. The first-order chi connectivity index (χ1) is 20.1. The molecule has 0 spiro atoms. The molecule has 2 fully saturated rings. The smallest absolute Gasteiger partial charge is 0.234 e. The maximum atomic E-state index is 13.8. The molecule has 10 heteroatoms. The molecule has 2 saturated heterocycles. The molecule has 42 heavy (non-hydrogen) atoms. The van der Waals surface area contributed by atoms with Crippen LogP contribution in [0.15, 0.2) is 35.4 Å². The topological polar surface area (TPSA) is 127 Å². The molecule has 0 radical (unpaired) electrons. The number of epoxide rings is 1. The lowest BCUT2D eigenvalue weighted by molar-refractivity contribution is -0.134. The van der Waals surface area contributed by atoms with E-state index in [-0.39, 0.29) is 36.3 Å². The summed E-state index contributed by atoms with van der Waals surface area (Å²) in [5.41, 5.74) is 2.46. The molecule has 10 nitrogen and oxygen atoms in total. The molecular weight excluding hydrogens is 538 g/mol. The van der Waals surface area contributed by atoms with Gasteiger partial charge in [-0.1, -0.05) is 23.3 Å². The Labute approximate surface area is 248 Å². The predicted octanol–water partition coefficient (Wildman–Crippen LogP) is 2.38. The van der Waals surface area contributed by atoms with Gasteiger partial charge in [-0.15, -0.1) is 0 Å². The fourth-order valence-corrected chi connectivity index (χ4v) is 5.65. The lowest BCUT2D eigenvalue weighted by Gasteiger charge is -2.27. The first-order valence-electron chi connectivity index (χ1n) is 15.0. The van der Waals surface area contributed by atoms with E-state index < -0.39 is 23.6 Å². The lowest BCUT2D eigenvalue weighted by Crippen LogP contribution is -2.50. The van der Waals surface area contributed by atoms with Crippen LogP contribution in [0.1, 0.15) is 58.4 Å². The average Bonchev–Trinajstić information content (AvgIpc) is 3.61. The summed E-state index contributed by atoms with van der Waals surface area (Å²) in [5.74, 6) is -1.01. The molecule has 0 unspecified atom stereocenters. The average molecular weight is 584 g/mol. The van der Waals surface area contributed by atoms with Gasteiger partial charge in [0.05, 0.1) is 45.6 Å². The molecule has 2 amide bonds. The number of ketones is 2. The zero-order valence-corrected chi connectivity index (χ0v) is 25.3. The number of hydrogen-bond acceptors (Lipinski definition) is 8. The summed E-state index contributed by atoms with van der Waals surface area (Å²) in [4.78, 5) is 55.2. The number of amides is 2. The Kier molecular flexibility index (Phi) is 10.9. The normalized spacial score (nSPS) is 22.7. The van der Waals surface area contributed by atoms with E-state index in [1.165, 1.54) is 11.1 Å². The standard InChI is InChI=1S/C32H45N3O7/c1-21-6-5-7-24(21)17-27(30(38)32(3)20-42-32)34-31(39)25(16-23-8-10-26(40-4)11-9-23)18-28(36)22(2)33-29(37)19-35-12-14-41-15-13-35/h8-11,22,25,27H,5-7,12-20H2,1-4H3,(H,33,37)(H,34,39)/t22-,25+,27-,32+/m0/s1. The second kappa shape index (κ2) is 14.4. The molecule has 3 aliphatic rings. The molecule has 0 aromatic heterocycles. The second-order valence-electron chi connectivity index (χ2n) is 12.0. The van der Waals surface area contributed by atoms with E-state index in [2.05, 4.69) is 17.6 Å². The molecule has 2 N–H and O–H groups in total. The van der Waals surface area contributed by atoms with Crippen LogP contribution in [-0.2, 0) is 35.1 Å². The third kappa shape index (κ3) is 8.72. The highest BCUT2D eigenvalue weighted by Crippen LogP contribution is 2.33. The molecule has 2 heterocycles. The number of Topliss-reactive ketones (excluding diaryl/α,β-unsaturated/α-hetero) is 2. The monoisotopic (exact) mass is 583 g/mol. The van der Waals surface area contributed by atoms with Crippen LogP contribution in [0.2, 0.25) is 0 Å². The van der Waals surface area contributed by atoms with Crippen LogP contribution >= 0.6 is 0 Å². The van der Waals surface area contributed by atoms with E-state index in [1.807, 2.05) is 29.2 Å². The van der Waals surface area contributed by atoms with Gasteiger partial charge < -0.3 is 24.8 Å². The summed E-state index contributed by atoms with van der Waals surface area (Å²) < 4.78 is 16.0. The fourth-order valence-electron chi connectivity index (χ4n) is 5.65. The number of morpholine rings is 1. The molecule has 1 aromatic rings. The van der Waals surface area contributed by atoms with Crippen LogP contribution in [0.3, 0.4) is 0 Å². The molecular formula is C32H45N3O7. The van der Waals surface area contributed by atoms with Crippen LogP contribution in [0.4, 0.5) is 0 Å². The highest BCUT2D eigenvalue weighted by atomic mass is 16.6. The van der Waals surface area contributed by atoms with Gasteiger partial charge in [-0.05, 0) is 70.6 Å². The zero-order chi connectivity index (χ0) is 30.3. The maximum absolute atomic E-state index is 13.8. The number of rotatable bonds is 15. The molecule has 2 aliphatic heterocycles. The molecule has 230 valence electrons. The summed E-state index contributed by atoms with van der Waals surface area (Å²) in [6, 6.07) is 5.87. The Morgan fingerprint density at radius 2 is 1.74 bits per heavy atom. The first kappa shape index (κ1) is 31.8. The van der Waals surface area contributed by atoms with Crippen molar-refractivity contribution in [2.75, 3.05) is 46.6 Å². The number of benzene rings is 1. The Morgan fingerprint density at radius 3 is 2.33 bits per heavy atom. The minimum absolute atomic E-state index is 0.0761. The molecule has 4 rings (SSSR count). The van der Waals surface area contributed by atoms with Crippen LogP contribution < -0.4 is 15.4 Å². The van der Waals surface area contributed by atoms with Crippen molar-refractivity contribution in [3.63, 3.8) is 0 Å². The van der Waals surface area contributed by atoms with E-state index in [0.717, 1.165) is 24.8 Å². The Hall–Kier alpha value is -3.08. The van der Waals surface area contributed by atoms with Crippen LogP contribution in [0.25, 0.3) is 0 Å². The van der Waals surface area contributed by atoms with E-state index in [1.54, 1.807) is 21.0 Å². The summed E-state index contributed by atoms with van der Waals surface area (Å²) in [5, 5.41) is 5.80. The maximum Gasteiger partial charge on any atom is 0.234 e. The van der Waals surface area contributed by atoms with Gasteiger partial charge in [0.25, 0.3) is 0 Å². The van der Waals surface area contributed by atoms with Crippen molar-refractivity contribution < 1.29 is 33.4 Å². The van der Waals surface area contributed by atoms with E-state index in [9.17, 15) is 19.2 Å². The van der Waals surface area contributed by atoms with E-state index in [0.29, 0.717) is 51.5 Å². The summed E-state index contributed by atoms with van der Waals surface area (Å²) in [6.45, 7) is 8.51. The van der Waals surface area contributed by atoms with E-state index >= 15 is 0 Å². The van der Waals surface area contributed by atoms with Gasteiger partial charge >= 0.3 is 0 Å². The first-order valence-corrected chi connectivity index (χ1v) is 15.0. The van der Waals surface area contributed by atoms with Crippen molar-refractivity contribution in [3.05, 3.63) is 41.0 Å². The quantitative estimate of drug-likeness (QED) is 0.238. The highest BCUT2D eigenvalue weighted by molar-refractivity contribution is 5.98. The third-order valence-corrected chi connectivity index (χ3v) is 8.61. The van der Waals surface area contributed by atoms with Crippen molar-refractivity contribution in [2.24, 2.45) is 5.92 Å². The lowest BCUT2D eigenvalue weighted by atomic mass is 9.89. The minimum atomic E-state index is -0.883. The van der Waals surface area contributed by atoms with Gasteiger partial charge in [0.2, 0.25) is 11.8 Å². The van der Waals surface area contributed by atoms with Crippen molar-refractivity contribution in [1.29, 1.82) is 0 Å². The molecule has 1 aromatic carbocycles. The number of methoxy groups -OCH3 is 1. The summed E-state index contributed by atoms with van der Waals surface area (Å²) in [7, 11) is 1.58. The van der Waals surface area contributed by atoms with Crippen LogP contribution in [0.5, 0.6) is 5.75 Å². The summed E-state index contributed by atoms with van der Waals surface area (Å²) in [6.07, 6.45) is 3.64. The summed E-state index contributed by atoms with van der Waals surface area (Å²) >= 11 is 0. The van der Waals surface area contributed by atoms with Gasteiger partial charge in [0, 0.05) is 25.4 Å². The number of nitrogens with one attached hydrogen (secondary N) is 2. The van der Waals surface area contributed by atoms with Gasteiger partial charge in [0.15, 0.2) is 11.6 Å². The molecule has 4 atom stereocenters. The van der Waals surface area contributed by atoms with Crippen molar-refractivity contribution >= 4 is 23.4 Å². The third-order valence-electron chi connectivity index (χ3n) is 8.61.